The summed E-state index contributed by atoms with van der Waals surface area (Å²) in [5, 5.41) is 3.05. The number of amides is 2. The van der Waals surface area contributed by atoms with Gasteiger partial charge in [-0.25, -0.2) is 8.42 Å². The summed E-state index contributed by atoms with van der Waals surface area (Å²) in [5.74, 6) is -0.955. The molecule has 0 radical (unpaired) electrons. The standard InChI is InChI=1S/C22H18ClN3O5S/c23-15-8-10-17(11-9-15)32(29,30)26-13-20(31-19-7-2-1-6-18(19)26)22(28)25-16-5-3-4-14(12-16)21(24)27/h1-12,20H,13H2,(H2,24,27)(H,25,28). The number of carbonyl (C=O) groups is 2. The average molecular weight is 472 g/mol. The van der Waals surface area contributed by atoms with E-state index in [1.807, 2.05) is 0 Å². The van der Waals surface area contributed by atoms with Crippen molar-refractivity contribution in [2.45, 2.75) is 11.0 Å². The molecule has 1 atom stereocenters. The van der Waals surface area contributed by atoms with Gasteiger partial charge in [-0.2, -0.15) is 0 Å². The zero-order valence-corrected chi connectivity index (χ0v) is 18.1. The number of fused-ring (bicyclic) bond motifs is 1. The van der Waals surface area contributed by atoms with Crippen LogP contribution in [0.1, 0.15) is 10.4 Å². The van der Waals surface area contributed by atoms with Crippen molar-refractivity contribution in [2.75, 3.05) is 16.2 Å². The summed E-state index contributed by atoms with van der Waals surface area (Å²) in [7, 11) is -4.00. The first-order valence-corrected chi connectivity index (χ1v) is 11.3. The van der Waals surface area contributed by atoms with Gasteiger partial charge in [0.25, 0.3) is 15.9 Å². The Hall–Kier alpha value is -3.56. The summed E-state index contributed by atoms with van der Waals surface area (Å²) in [4.78, 5) is 24.3. The lowest BCUT2D eigenvalue weighted by Crippen LogP contribution is -2.48. The molecule has 0 bridgehead atoms. The smallest absolute Gasteiger partial charge is 0.267 e. The van der Waals surface area contributed by atoms with Crippen LogP contribution in [-0.2, 0) is 14.8 Å². The van der Waals surface area contributed by atoms with E-state index in [4.69, 9.17) is 22.1 Å². The van der Waals surface area contributed by atoms with E-state index in [2.05, 4.69) is 5.32 Å². The summed E-state index contributed by atoms with van der Waals surface area (Å²) < 4.78 is 33.6. The third kappa shape index (κ3) is 4.25. The highest BCUT2D eigenvalue weighted by Gasteiger charge is 2.37. The summed E-state index contributed by atoms with van der Waals surface area (Å²) in [6.07, 6.45) is -1.13. The van der Waals surface area contributed by atoms with E-state index in [1.54, 1.807) is 36.4 Å². The second-order valence-corrected chi connectivity index (χ2v) is 9.30. The highest BCUT2D eigenvalue weighted by Crippen LogP contribution is 2.37. The molecule has 0 fully saturated rings. The summed E-state index contributed by atoms with van der Waals surface area (Å²) >= 11 is 5.89. The summed E-state index contributed by atoms with van der Waals surface area (Å²) in [6, 6.07) is 18.4. The van der Waals surface area contributed by atoms with E-state index in [1.165, 1.54) is 36.4 Å². The lowest BCUT2D eigenvalue weighted by atomic mass is 10.1. The number of hydrogen-bond donors (Lipinski definition) is 2. The first-order valence-electron chi connectivity index (χ1n) is 9.50. The largest absolute Gasteiger partial charge is 0.476 e. The second-order valence-electron chi connectivity index (χ2n) is 7.00. The molecule has 1 aliphatic rings. The fraction of sp³-hybridized carbons (Fsp3) is 0.0909. The Bertz CT molecular complexity index is 1290. The van der Waals surface area contributed by atoms with Crippen LogP contribution in [0, 0.1) is 0 Å². The van der Waals surface area contributed by atoms with Gasteiger partial charge >= 0.3 is 0 Å². The third-order valence-electron chi connectivity index (χ3n) is 4.84. The Balaban J connectivity index is 1.65. The molecule has 164 valence electrons. The van der Waals surface area contributed by atoms with Crippen LogP contribution in [0.3, 0.4) is 0 Å². The van der Waals surface area contributed by atoms with Crippen LogP contribution in [0.4, 0.5) is 11.4 Å². The number of rotatable bonds is 5. The highest BCUT2D eigenvalue weighted by molar-refractivity contribution is 7.92. The van der Waals surface area contributed by atoms with E-state index < -0.39 is 27.9 Å². The molecular weight excluding hydrogens is 454 g/mol. The van der Waals surface area contributed by atoms with E-state index in [0.29, 0.717) is 16.4 Å². The van der Waals surface area contributed by atoms with Crippen molar-refractivity contribution in [2.24, 2.45) is 5.73 Å². The van der Waals surface area contributed by atoms with Gasteiger partial charge in [0.1, 0.15) is 5.75 Å². The molecule has 1 aliphatic heterocycles. The maximum Gasteiger partial charge on any atom is 0.267 e. The molecule has 3 aromatic carbocycles. The highest BCUT2D eigenvalue weighted by atomic mass is 35.5. The van der Waals surface area contributed by atoms with Gasteiger partial charge in [-0.1, -0.05) is 29.8 Å². The zero-order valence-electron chi connectivity index (χ0n) is 16.6. The fourth-order valence-corrected chi connectivity index (χ4v) is 4.88. The second kappa shape index (κ2) is 8.52. The molecule has 4 rings (SSSR count). The lowest BCUT2D eigenvalue weighted by Gasteiger charge is -2.34. The number of nitrogens with one attached hydrogen (secondary N) is 1. The van der Waals surface area contributed by atoms with Crippen molar-refractivity contribution in [3.05, 3.63) is 83.4 Å². The minimum Gasteiger partial charge on any atom is -0.476 e. The van der Waals surface area contributed by atoms with Crippen LogP contribution in [0.2, 0.25) is 5.02 Å². The van der Waals surface area contributed by atoms with Crippen molar-refractivity contribution in [1.82, 2.24) is 0 Å². The van der Waals surface area contributed by atoms with Gasteiger partial charge in [0.2, 0.25) is 5.91 Å². The third-order valence-corrected chi connectivity index (χ3v) is 6.89. The van der Waals surface area contributed by atoms with Gasteiger partial charge in [0.05, 0.1) is 17.1 Å². The van der Waals surface area contributed by atoms with E-state index in [-0.39, 0.29) is 22.8 Å². The molecule has 1 unspecified atom stereocenters. The number of halogens is 1. The summed E-state index contributed by atoms with van der Waals surface area (Å²) in [6.45, 7) is -0.247. The van der Waals surface area contributed by atoms with E-state index in [0.717, 1.165) is 4.31 Å². The van der Waals surface area contributed by atoms with Crippen LogP contribution < -0.4 is 20.1 Å². The Morgan fingerprint density at radius 3 is 2.47 bits per heavy atom. The Morgan fingerprint density at radius 2 is 1.75 bits per heavy atom. The molecule has 3 N–H and O–H groups in total. The number of benzene rings is 3. The van der Waals surface area contributed by atoms with E-state index in [9.17, 15) is 18.0 Å². The predicted octanol–water partition coefficient (Wildman–Crippen LogP) is 3.03. The lowest BCUT2D eigenvalue weighted by molar-refractivity contribution is -0.122. The SMILES string of the molecule is NC(=O)c1cccc(NC(=O)C2CN(S(=O)(=O)c3ccc(Cl)cc3)c3ccccc3O2)c1. The maximum atomic E-state index is 13.4. The number of anilines is 2. The molecule has 3 aromatic rings. The van der Waals surface area contributed by atoms with Gasteiger partial charge < -0.3 is 15.8 Å². The monoisotopic (exact) mass is 471 g/mol. The minimum absolute atomic E-state index is 0.0342. The van der Waals surface area contributed by atoms with Crippen molar-refractivity contribution >= 4 is 44.8 Å². The van der Waals surface area contributed by atoms with E-state index >= 15 is 0 Å². The average Bonchev–Trinajstić information content (AvgIpc) is 2.78. The van der Waals surface area contributed by atoms with Crippen LogP contribution in [0.15, 0.2) is 77.7 Å². The summed E-state index contributed by atoms with van der Waals surface area (Å²) in [5.41, 5.74) is 6.16. The van der Waals surface area contributed by atoms with Gasteiger partial charge in [-0.3, -0.25) is 13.9 Å². The molecule has 10 heteroatoms. The molecule has 2 amide bonds. The van der Waals surface area contributed by atoms with Gasteiger partial charge in [0.15, 0.2) is 6.10 Å². The van der Waals surface area contributed by atoms with Crippen LogP contribution >= 0.6 is 11.6 Å². The van der Waals surface area contributed by atoms with Gasteiger partial charge in [0, 0.05) is 16.3 Å². The maximum absolute atomic E-state index is 13.4. The molecule has 0 saturated heterocycles. The van der Waals surface area contributed by atoms with Crippen LogP contribution in [0.25, 0.3) is 0 Å². The number of ether oxygens (including phenoxy) is 1. The van der Waals surface area contributed by atoms with Crippen molar-refractivity contribution in [3.8, 4) is 5.75 Å². The Labute approximate surface area is 189 Å². The number of nitrogens with two attached hydrogens (primary N) is 1. The van der Waals surface area contributed by atoms with Crippen molar-refractivity contribution in [1.29, 1.82) is 0 Å². The number of hydrogen-bond acceptors (Lipinski definition) is 5. The van der Waals surface area contributed by atoms with Crippen molar-refractivity contribution in [3.63, 3.8) is 0 Å². The number of primary amides is 1. The van der Waals surface area contributed by atoms with Crippen molar-refractivity contribution < 1.29 is 22.7 Å². The number of carbonyl (C=O) groups excluding carboxylic acids is 2. The predicted molar refractivity (Wildman–Crippen MR) is 120 cm³/mol. The topological polar surface area (TPSA) is 119 Å². The molecule has 0 spiro atoms. The molecular formula is C22H18ClN3O5S. The first kappa shape index (κ1) is 21.7. The molecule has 8 nitrogen and oxygen atoms in total. The van der Waals surface area contributed by atoms with Gasteiger partial charge in [-0.15, -0.1) is 0 Å². The Kier molecular flexibility index (Phi) is 5.77. The van der Waals surface area contributed by atoms with Crippen LogP contribution in [-0.4, -0.2) is 32.9 Å². The fourth-order valence-electron chi connectivity index (χ4n) is 3.27. The number of nitrogens with zero attached hydrogens (tertiary/aromatic N) is 1. The number of sulfonamides is 1. The Morgan fingerprint density at radius 1 is 1.03 bits per heavy atom. The minimum atomic E-state index is -4.00. The normalized spacial score (nSPS) is 15.4. The molecule has 0 aromatic heterocycles. The zero-order chi connectivity index (χ0) is 22.9. The number of para-hydroxylation sites is 2. The van der Waals surface area contributed by atoms with Gasteiger partial charge in [-0.05, 0) is 54.6 Å². The first-order chi connectivity index (χ1) is 15.3. The molecule has 0 aliphatic carbocycles. The van der Waals surface area contributed by atoms with Crippen LogP contribution in [0.5, 0.6) is 5.75 Å². The molecule has 32 heavy (non-hydrogen) atoms. The molecule has 0 saturated carbocycles. The molecule has 1 heterocycles. The quantitative estimate of drug-likeness (QED) is 0.592.